The van der Waals surface area contributed by atoms with Crippen molar-refractivity contribution >= 4 is 17.3 Å². The van der Waals surface area contributed by atoms with Crippen LogP contribution in [0, 0.1) is 13.8 Å². The molecule has 2 aromatic heterocycles. The normalized spacial score (nSPS) is 11.6. The van der Waals surface area contributed by atoms with E-state index >= 15 is 0 Å². The molecule has 6 nitrogen and oxygen atoms in total. The number of nitrogens with one attached hydrogen (secondary N) is 2. The molecule has 0 spiro atoms. The number of guanidine groups is 1. The van der Waals surface area contributed by atoms with Gasteiger partial charge in [0.2, 0.25) is 0 Å². The molecule has 0 atom stereocenters. The van der Waals surface area contributed by atoms with Crippen molar-refractivity contribution in [1.82, 2.24) is 25.4 Å². The summed E-state index contributed by atoms with van der Waals surface area (Å²) in [6.45, 7) is 7.70. The predicted octanol–water partition coefficient (Wildman–Crippen LogP) is 3.42. The van der Waals surface area contributed by atoms with Crippen LogP contribution in [0.25, 0.3) is 5.69 Å². The van der Waals surface area contributed by atoms with Gasteiger partial charge in [-0.05, 0) is 38.0 Å². The standard InChI is InChI=1S/C21H28N6S/c1-5-20-25-18(14-28-20)10-11-23-21(22-4)24-13-17-8-6-7-9-19(17)27-16(3)12-15(2)26-27/h6-9,12,14H,5,10-11,13H2,1-4H3,(H2,22,23,24). The number of para-hydroxylation sites is 1. The zero-order chi connectivity index (χ0) is 19.9. The zero-order valence-corrected chi connectivity index (χ0v) is 17.8. The van der Waals surface area contributed by atoms with E-state index in [1.165, 1.54) is 10.6 Å². The van der Waals surface area contributed by atoms with Crippen molar-refractivity contribution < 1.29 is 0 Å². The van der Waals surface area contributed by atoms with Crippen molar-refractivity contribution in [1.29, 1.82) is 0 Å². The number of aliphatic imine (C=N–C) groups is 1. The van der Waals surface area contributed by atoms with Crippen molar-refractivity contribution in [3.63, 3.8) is 0 Å². The molecule has 0 radical (unpaired) electrons. The first-order valence-electron chi connectivity index (χ1n) is 9.60. The third-order valence-electron chi connectivity index (χ3n) is 4.47. The van der Waals surface area contributed by atoms with E-state index in [1.54, 1.807) is 18.4 Å². The molecule has 0 bridgehead atoms. The Kier molecular flexibility index (Phi) is 6.81. The molecule has 0 fully saturated rings. The molecule has 0 aliphatic heterocycles. The quantitative estimate of drug-likeness (QED) is 0.474. The molecule has 0 aliphatic rings. The Balaban J connectivity index is 1.59. The summed E-state index contributed by atoms with van der Waals surface area (Å²) in [5, 5.41) is 14.7. The average Bonchev–Trinajstić information content (AvgIpc) is 3.30. The van der Waals surface area contributed by atoms with E-state index in [4.69, 9.17) is 0 Å². The number of benzene rings is 1. The summed E-state index contributed by atoms with van der Waals surface area (Å²) in [6, 6.07) is 10.4. The number of aromatic nitrogens is 3. The molecular formula is C21H28N6S. The largest absolute Gasteiger partial charge is 0.356 e. The molecule has 0 unspecified atom stereocenters. The fraction of sp³-hybridized carbons (Fsp3) is 0.381. The molecule has 2 N–H and O–H groups in total. The van der Waals surface area contributed by atoms with Gasteiger partial charge in [-0.2, -0.15) is 5.10 Å². The molecule has 0 amide bonds. The first-order chi connectivity index (χ1) is 13.6. The van der Waals surface area contributed by atoms with E-state index in [9.17, 15) is 0 Å². The topological polar surface area (TPSA) is 67.1 Å². The molecule has 3 aromatic rings. The molecule has 28 heavy (non-hydrogen) atoms. The molecule has 3 rings (SSSR count). The van der Waals surface area contributed by atoms with Gasteiger partial charge in [0.25, 0.3) is 0 Å². The highest BCUT2D eigenvalue weighted by Gasteiger charge is 2.09. The molecule has 0 saturated heterocycles. The second-order valence-electron chi connectivity index (χ2n) is 6.66. The minimum absolute atomic E-state index is 0.672. The summed E-state index contributed by atoms with van der Waals surface area (Å²) in [5.41, 5.74) is 5.54. The van der Waals surface area contributed by atoms with Gasteiger partial charge in [0.15, 0.2) is 5.96 Å². The lowest BCUT2D eigenvalue weighted by Gasteiger charge is -2.15. The Morgan fingerprint density at radius 3 is 2.71 bits per heavy atom. The molecule has 2 heterocycles. The predicted molar refractivity (Wildman–Crippen MR) is 116 cm³/mol. The van der Waals surface area contributed by atoms with E-state index in [-0.39, 0.29) is 0 Å². The van der Waals surface area contributed by atoms with Crippen LogP contribution >= 0.6 is 11.3 Å². The number of rotatable bonds is 7. The van der Waals surface area contributed by atoms with E-state index in [1.807, 2.05) is 17.7 Å². The van der Waals surface area contributed by atoms with Crippen LogP contribution in [0.4, 0.5) is 0 Å². The Morgan fingerprint density at radius 1 is 1.21 bits per heavy atom. The lowest BCUT2D eigenvalue weighted by atomic mass is 10.1. The van der Waals surface area contributed by atoms with Gasteiger partial charge in [-0.1, -0.05) is 25.1 Å². The van der Waals surface area contributed by atoms with Crippen LogP contribution in [0.15, 0.2) is 40.7 Å². The van der Waals surface area contributed by atoms with Crippen molar-refractivity contribution in [2.24, 2.45) is 4.99 Å². The Morgan fingerprint density at radius 2 is 2.04 bits per heavy atom. The lowest BCUT2D eigenvalue weighted by Crippen LogP contribution is -2.38. The van der Waals surface area contributed by atoms with Gasteiger partial charge >= 0.3 is 0 Å². The van der Waals surface area contributed by atoms with Crippen LogP contribution in [0.3, 0.4) is 0 Å². The summed E-state index contributed by atoms with van der Waals surface area (Å²) in [7, 11) is 1.79. The monoisotopic (exact) mass is 396 g/mol. The number of hydrogen-bond donors (Lipinski definition) is 2. The Labute approximate surface area is 170 Å². The lowest BCUT2D eigenvalue weighted by molar-refractivity contribution is 0.770. The first kappa shape index (κ1) is 20.1. The average molecular weight is 397 g/mol. The van der Waals surface area contributed by atoms with Gasteiger partial charge in [0.05, 0.1) is 22.1 Å². The maximum Gasteiger partial charge on any atom is 0.191 e. The summed E-state index contributed by atoms with van der Waals surface area (Å²) in [5.74, 6) is 0.786. The summed E-state index contributed by atoms with van der Waals surface area (Å²) in [4.78, 5) is 8.94. The van der Waals surface area contributed by atoms with Crippen molar-refractivity contribution in [2.75, 3.05) is 13.6 Å². The molecule has 0 saturated carbocycles. The van der Waals surface area contributed by atoms with Gasteiger partial charge in [-0.3, -0.25) is 4.99 Å². The SMILES string of the molecule is CCc1nc(CCNC(=NC)NCc2ccccc2-n2nc(C)cc2C)cs1. The van der Waals surface area contributed by atoms with Crippen molar-refractivity contribution in [3.8, 4) is 5.69 Å². The van der Waals surface area contributed by atoms with E-state index in [0.29, 0.717) is 6.54 Å². The minimum atomic E-state index is 0.672. The number of hydrogen-bond acceptors (Lipinski definition) is 4. The van der Waals surface area contributed by atoms with Crippen molar-refractivity contribution in [2.45, 2.75) is 40.2 Å². The van der Waals surface area contributed by atoms with E-state index in [0.717, 1.165) is 48.1 Å². The van der Waals surface area contributed by atoms with Crippen LogP contribution in [0.1, 0.15) is 34.6 Å². The van der Waals surface area contributed by atoms with Crippen LogP contribution in [0.5, 0.6) is 0 Å². The molecule has 148 valence electrons. The fourth-order valence-electron chi connectivity index (χ4n) is 3.07. The van der Waals surface area contributed by atoms with E-state index < -0.39 is 0 Å². The highest BCUT2D eigenvalue weighted by molar-refractivity contribution is 7.09. The number of nitrogens with zero attached hydrogens (tertiary/aromatic N) is 4. The van der Waals surface area contributed by atoms with Crippen LogP contribution in [-0.4, -0.2) is 34.3 Å². The number of aryl methyl sites for hydroxylation is 3. The fourth-order valence-corrected chi connectivity index (χ4v) is 3.85. The van der Waals surface area contributed by atoms with E-state index in [2.05, 4.69) is 69.2 Å². The van der Waals surface area contributed by atoms with Crippen LogP contribution in [-0.2, 0) is 19.4 Å². The first-order valence-corrected chi connectivity index (χ1v) is 10.5. The third kappa shape index (κ3) is 4.98. The van der Waals surface area contributed by atoms with Crippen LogP contribution < -0.4 is 10.6 Å². The van der Waals surface area contributed by atoms with Crippen LogP contribution in [0.2, 0.25) is 0 Å². The van der Waals surface area contributed by atoms with Crippen molar-refractivity contribution in [3.05, 3.63) is 63.4 Å². The molecular weight excluding hydrogens is 368 g/mol. The van der Waals surface area contributed by atoms with Gasteiger partial charge in [-0.15, -0.1) is 11.3 Å². The highest BCUT2D eigenvalue weighted by atomic mass is 32.1. The minimum Gasteiger partial charge on any atom is -0.356 e. The second kappa shape index (κ2) is 9.50. The maximum absolute atomic E-state index is 4.62. The summed E-state index contributed by atoms with van der Waals surface area (Å²) in [6.07, 6.45) is 1.88. The Hall–Kier alpha value is -2.67. The molecule has 7 heteroatoms. The third-order valence-corrected chi connectivity index (χ3v) is 5.52. The van der Waals surface area contributed by atoms with Gasteiger partial charge < -0.3 is 10.6 Å². The maximum atomic E-state index is 4.62. The molecule has 0 aliphatic carbocycles. The van der Waals surface area contributed by atoms with Gasteiger partial charge in [0.1, 0.15) is 0 Å². The zero-order valence-electron chi connectivity index (χ0n) is 17.0. The smallest absolute Gasteiger partial charge is 0.191 e. The summed E-state index contributed by atoms with van der Waals surface area (Å²) >= 11 is 1.73. The highest BCUT2D eigenvalue weighted by Crippen LogP contribution is 2.17. The second-order valence-corrected chi connectivity index (χ2v) is 7.60. The number of thiazole rings is 1. The Bertz CT molecular complexity index is 940. The van der Waals surface area contributed by atoms with Gasteiger partial charge in [0, 0.05) is 37.6 Å². The van der Waals surface area contributed by atoms with Gasteiger partial charge in [-0.25, -0.2) is 9.67 Å². The molecule has 1 aromatic carbocycles. The summed E-state index contributed by atoms with van der Waals surface area (Å²) < 4.78 is 2.00.